The minimum Gasteiger partial charge on any atom is -0.508 e. The van der Waals surface area contributed by atoms with Crippen LogP contribution in [0.3, 0.4) is 0 Å². The Morgan fingerprint density at radius 2 is 1.31 bits per heavy atom. The molecule has 0 unspecified atom stereocenters. The van der Waals surface area contributed by atoms with Crippen molar-refractivity contribution in [2.45, 2.75) is 32.5 Å². The van der Waals surface area contributed by atoms with Crippen molar-refractivity contribution in [2.24, 2.45) is 0 Å². The number of hydrogen-bond acceptors (Lipinski definition) is 3. The van der Waals surface area contributed by atoms with Gasteiger partial charge in [0.05, 0.1) is 6.61 Å². The SMILES string of the molecule is CC(C)(c1ccc(O)cc1)c1ccc(OCc2ccccc2CO)cc1. The highest BCUT2D eigenvalue weighted by atomic mass is 16.5. The molecule has 0 saturated heterocycles. The summed E-state index contributed by atoms with van der Waals surface area (Å²) in [5.74, 6) is 1.07. The van der Waals surface area contributed by atoms with Gasteiger partial charge in [0, 0.05) is 5.41 Å². The molecule has 3 rings (SSSR count). The molecule has 0 heterocycles. The third kappa shape index (κ3) is 3.89. The maximum Gasteiger partial charge on any atom is 0.119 e. The number of aromatic hydroxyl groups is 1. The standard InChI is InChI=1S/C23H24O3/c1-23(2,19-7-11-21(25)12-8-19)20-9-13-22(14-10-20)26-16-18-6-4-3-5-17(18)15-24/h3-14,24-25H,15-16H2,1-2H3. The number of hydrogen-bond donors (Lipinski definition) is 2. The number of phenols is 1. The third-order valence-corrected chi connectivity index (χ3v) is 4.85. The van der Waals surface area contributed by atoms with Crippen LogP contribution in [0, 0.1) is 0 Å². The lowest BCUT2D eigenvalue weighted by atomic mass is 9.78. The van der Waals surface area contributed by atoms with Gasteiger partial charge in [-0.25, -0.2) is 0 Å². The zero-order valence-corrected chi connectivity index (χ0v) is 15.1. The summed E-state index contributed by atoms with van der Waals surface area (Å²) < 4.78 is 5.88. The highest BCUT2D eigenvalue weighted by molar-refractivity contribution is 5.41. The first kappa shape index (κ1) is 18.0. The summed E-state index contributed by atoms with van der Waals surface area (Å²) in [6.45, 7) is 4.76. The summed E-state index contributed by atoms with van der Waals surface area (Å²) in [5.41, 5.74) is 4.02. The Morgan fingerprint density at radius 1 is 0.769 bits per heavy atom. The van der Waals surface area contributed by atoms with Gasteiger partial charge in [-0.15, -0.1) is 0 Å². The number of benzene rings is 3. The molecule has 0 bridgehead atoms. The molecule has 3 nitrogen and oxygen atoms in total. The molecular weight excluding hydrogens is 324 g/mol. The Labute approximate surface area is 154 Å². The summed E-state index contributed by atoms with van der Waals surface area (Å²) in [5, 5.41) is 18.9. The van der Waals surface area contributed by atoms with E-state index in [0.717, 1.165) is 22.4 Å². The molecule has 0 aliphatic heterocycles. The Morgan fingerprint density at radius 3 is 1.88 bits per heavy atom. The van der Waals surface area contributed by atoms with Crippen molar-refractivity contribution in [3.63, 3.8) is 0 Å². The quantitative estimate of drug-likeness (QED) is 0.673. The van der Waals surface area contributed by atoms with Crippen molar-refractivity contribution in [1.82, 2.24) is 0 Å². The third-order valence-electron chi connectivity index (χ3n) is 4.85. The predicted octanol–water partition coefficient (Wildman–Crippen LogP) is 4.79. The Kier molecular flexibility index (Phi) is 5.29. The number of aliphatic hydroxyl groups excluding tert-OH is 1. The molecule has 0 atom stereocenters. The lowest BCUT2D eigenvalue weighted by Gasteiger charge is -2.26. The van der Waals surface area contributed by atoms with Crippen LogP contribution in [-0.4, -0.2) is 10.2 Å². The van der Waals surface area contributed by atoms with Crippen LogP contribution in [0.5, 0.6) is 11.5 Å². The predicted molar refractivity (Wildman–Crippen MR) is 103 cm³/mol. The van der Waals surface area contributed by atoms with E-state index in [2.05, 4.69) is 26.0 Å². The van der Waals surface area contributed by atoms with E-state index in [-0.39, 0.29) is 17.8 Å². The highest BCUT2D eigenvalue weighted by Gasteiger charge is 2.23. The van der Waals surface area contributed by atoms with Crippen LogP contribution in [0.4, 0.5) is 0 Å². The van der Waals surface area contributed by atoms with Crippen molar-refractivity contribution in [1.29, 1.82) is 0 Å². The van der Waals surface area contributed by atoms with E-state index in [1.165, 1.54) is 5.56 Å². The summed E-state index contributed by atoms with van der Waals surface area (Å²) in [6.07, 6.45) is 0. The summed E-state index contributed by atoms with van der Waals surface area (Å²) >= 11 is 0. The molecule has 0 aliphatic carbocycles. The number of aliphatic hydroxyl groups is 1. The molecule has 0 fully saturated rings. The van der Waals surface area contributed by atoms with Gasteiger partial charge >= 0.3 is 0 Å². The van der Waals surface area contributed by atoms with Crippen LogP contribution < -0.4 is 4.74 Å². The van der Waals surface area contributed by atoms with Crippen molar-refractivity contribution >= 4 is 0 Å². The second-order valence-corrected chi connectivity index (χ2v) is 6.91. The Bertz CT molecular complexity index is 849. The van der Waals surface area contributed by atoms with Gasteiger partial charge in [-0.1, -0.05) is 62.4 Å². The zero-order valence-electron chi connectivity index (χ0n) is 15.1. The molecule has 0 amide bonds. The Hall–Kier alpha value is -2.78. The Balaban J connectivity index is 1.73. The molecule has 0 saturated carbocycles. The van der Waals surface area contributed by atoms with Crippen molar-refractivity contribution < 1.29 is 14.9 Å². The van der Waals surface area contributed by atoms with E-state index in [0.29, 0.717) is 6.61 Å². The fraction of sp³-hybridized carbons (Fsp3) is 0.217. The highest BCUT2D eigenvalue weighted by Crippen LogP contribution is 2.33. The van der Waals surface area contributed by atoms with Gasteiger partial charge in [0.1, 0.15) is 18.1 Å². The van der Waals surface area contributed by atoms with Crippen LogP contribution >= 0.6 is 0 Å². The van der Waals surface area contributed by atoms with Crippen molar-refractivity contribution in [3.05, 3.63) is 95.1 Å². The van der Waals surface area contributed by atoms with Gasteiger partial charge in [0.15, 0.2) is 0 Å². The second-order valence-electron chi connectivity index (χ2n) is 6.91. The fourth-order valence-corrected chi connectivity index (χ4v) is 3.03. The van der Waals surface area contributed by atoms with Crippen molar-refractivity contribution in [2.75, 3.05) is 0 Å². The number of rotatable bonds is 6. The van der Waals surface area contributed by atoms with Crippen LogP contribution in [0.15, 0.2) is 72.8 Å². The lowest BCUT2D eigenvalue weighted by Crippen LogP contribution is -2.18. The van der Waals surface area contributed by atoms with Gasteiger partial charge < -0.3 is 14.9 Å². The summed E-state index contributed by atoms with van der Waals surface area (Å²) in [4.78, 5) is 0. The molecule has 3 heteroatoms. The molecule has 0 radical (unpaired) electrons. The van der Waals surface area contributed by atoms with Gasteiger partial charge in [-0.05, 0) is 46.5 Å². The molecular formula is C23H24O3. The van der Waals surface area contributed by atoms with Crippen LogP contribution in [-0.2, 0) is 18.6 Å². The maximum atomic E-state index is 9.49. The van der Waals surface area contributed by atoms with Crippen LogP contribution in [0.1, 0.15) is 36.1 Å². The average molecular weight is 348 g/mol. The van der Waals surface area contributed by atoms with E-state index in [9.17, 15) is 10.2 Å². The summed E-state index contributed by atoms with van der Waals surface area (Å²) in [6, 6.07) is 23.1. The average Bonchev–Trinajstić information content (AvgIpc) is 2.67. The van der Waals surface area contributed by atoms with E-state index in [4.69, 9.17) is 4.74 Å². The topological polar surface area (TPSA) is 49.7 Å². The van der Waals surface area contributed by atoms with Gasteiger partial charge in [0.2, 0.25) is 0 Å². The monoisotopic (exact) mass is 348 g/mol. The first-order valence-corrected chi connectivity index (χ1v) is 8.71. The van der Waals surface area contributed by atoms with Crippen molar-refractivity contribution in [3.8, 4) is 11.5 Å². The first-order valence-electron chi connectivity index (χ1n) is 8.71. The molecule has 0 aliphatic rings. The van der Waals surface area contributed by atoms with E-state index in [1.807, 2.05) is 48.5 Å². The molecule has 2 N–H and O–H groups in total. The van der Waals surface area contributed by atoms with E-state index >= 15 is 0 Å². The lowest BCUT2D eigenvalue weighted by molar-refractivity contribution is 0.269. The first-order chi connectivity index (χ1) is 12.5. The minimum atomic E-state index is -0.171. The summed E-state index contributed by atoms with van der Waals surface area (Å²) in [7, 11) is 0. The van der Waals surface area contributed by atoms with Gasteiger partial charge in [-0.3, -0.25) is 0 Å². The van der Waals surface area contributed by atoms with Gasteiger partial charge in [-0.2, -0.15) is 0 Å². The van der Waals surface area contributed by atoms with Crippen LogP contribution in [0.25, 0.3) is 0 Å². The molecule has 0 aromatic heterocycles. The maximum absolute atomic E-state index is 9.49. The van der Waals surface area contributed by atoms with E-state index in [1.54, 1.807) is 12.1 Å². The zero-order chi connectivity index (χ0) is 18.6. The molecule has 0 spiro atoms. The number of ether oxygens (including phenoxy) is 1. The van der Waals surface area contributed by atoms with E-state index < -0.39 is 0 Å². The largest absolute Gasteiger partial charge is 0.508 e. The second kappa shape index (κ2) is 7.63. The minimum absolute atomic E-state index is 0.0132. The number of phenolic OH excluding ortho intramolecular Hbond substituents is 1. The molecule has 3 aromatic rings. The molecule has 3 aromatic carbocycles. The van der Waals surface area contributed by atoms with Crippen LogP contribution in [0.2, 0.25) is 0 Å². The fourth-order valence-electron chi connectivity index (χ4n) is 3.03. The van der Waals surface area contributed by atoms with Gasteiger partial charge in [0.25, 0.3) is 0 Å². The smallest absolute Gasteiger partial charge is 0.119 e. The molecule has 134 valence electrons. The normalized spacial score (nSPS) is 11.3. The molecule has 26 heavy (non-hydrogen) atoms.